The molecule has 1 aromatic carbocycles. The Morgan fingerprint density at radius 2 is 1.44 bits per heavy atom. The van der Waals surface area contributed by atoms with Crippen LogP contribution in [0.3, 0.4) is 0 Å². The molecule has 5 aliphatic rings. The Kier molecular flexibility index (Phi) is 21.9. The minimum atomic E-state index is -2.44. The van der Waals surface area contributed by atoms with E-state index < -0.39 is 130 Å². The number of ether oxygens (including phenoxy) is 7. The number of fused-ring (bicyclic) bond motifs is 5. The van der Waals surface area contributed by atoms with Crippen LogP contribution in [0.1, 0.15) is 164 Å². The lowest BCUT2D eigenvalue weighted by atomic mass is 9.44. The molecule has 448 valence electrons. The van der Waals surface area contributed by atoms with Crippen molar-refractivity contribution in [1.29, 1.82) is 0 Å². The number of allylic oxidation sites excluding steroid dienone is 11. The monoisotopic (exact) mass is 1140 g/mol. The van der Waals surface area contributed by atoms with E-state index in [1.54, 1.807) is 73.6 Å². The maximum atomic E-state index is 16.0. The van der Waals surface area contributed by atoms with Crippen molar-refractivity contribution in [3.05, 3.63) is 119 Å². The van der Waals surface area contributed by atoms with Crippen molar-refractivity contribution in [2.45, 2.75) is 213 Å². The number of esters is 5. The summed E-state index contributed by atoms with van der Waals surface area (Å²) in [5.74, 6) is -7.36. The quantitative estimate of drug-likeness (QED) is 0.0378. The third-order valence-corrected chi connectivity index (χ3v) is 16.2. The van der Waals surface area contributed by atoms with Gasteiger partial charge < -0.3 is 48.7 Å². The van der Waals surface area contributed by atoms with E-state index in [9.17, 15) is 34.2 Å². The summed E-state index contributed by atoms with van der Waals surface area (Å²) in [5, 5.41) is 29.1. The van der Waals surface area contributed by atoms with Gasteiger partial charge in [0, 0.05) is 31.6 Å². The Hall–Kier alpha value is -6.43. The third kappa shape index (κ3) is 15.2. The number of Topliss-reactive ketones (excluding diaryl/α,β-unsaturated/α-hetero) is 1. The van der Waals surface area contributed by atoms with Crippen LogP contribution in [0.25, 0.3) is 0 Å². The molecule has 2 bridgehead atoms. The fourth-order valence-electron chi connectivity index (χ4n) is 11.8. The van der Waals surface area contributed by atoms with Crippen LogP contribution in [0.2, 0.25) is 0 Å². The van der Waals surface area contributed by atoms with Gasteiger partial charge in [0.25, 0.3) is 0 Å². The van der Waals surface area contributed by atoms with Crippen molar-refractivity contribution in [3.63, 3.8) is 0 Å². The van der Waals surface area contributed by atoms with Crippen molar-refractivity contribution in [3.8, 4) is 0 Å². The topological polar surface area (TPSA) is 237 Å². The molecule has 17 nitrogen and oxygen atoms in total. The van der Waals surface area contributed by atoms with Crippen LogP contribution in [0.5, 0.6) is 0 Å². The van der Waals surface area contributed by atoms with Gasteiger partial charge in [-0.3, -0.25) is 19.2 Å². The van der Waals surface area contributed by atoms with Crippen LogP contribution < -0.4 is 5.32 Å². The summed E-state index contributed by atoms with van der Waals surface area (Å²) >= 11 is 0. The number of hydrogen-bond donors (Lipinski definition) is 3. The lowest BCUT2D eigenvalue weighted by Crippen LogP contribution is -2.82. The maximum Gasteiger partial charge on any atom is 0.408 e. The molecular weight excluding hydrogens is 1050 g/mol. The molecule has 6 rings (SSSR count). The van der Waals surface area contributed by atoms with Crippen LogP contribution in [-0.4, -0.2) is 118 Å². The highest BCUT2D eigenvalue weighted by Crippen LogP contribution is 2.64. The van der Waals surface area contributed by atoms with Crippen molar-refractivity contribution < 1.29 is 76.9 Å². The summed E-state index contributed by atoms with van der Waals surface area (Å²) in [6.45, 7) is 17.5. The van der Waals surface area contributed by atoms with E-state index in [0.717, 1.165) is 32.6 Å². The smallest absolute Gasteiger partial charge is 0.408 e. The van der Waals surface area contributed by atoms with Crippen LogP contribution >= 0.6 is 0 Å². The van der Waals surface area contributed by atoms with Gasteiger partial charge in [0.05, 0.1) is 41.6 Å². The molecular formula is C65H87NO16. The minimum absolute atomic E-state index is 0.00974. The van der Waals surface area contributed by atoms with Gasteiger partial charge in [-0.05, 0) is 130 Å². The summed E-state index contributed by atoms with van der Waals surface area (Å²) < 4.78 is 43.0. The maximum absolute atomic E-state index is 16.0. The number of hydrogen-bond acceptors (Lipinski definition) is 16. The Morgan fingerprint density at radius 3 is 1.98 bits per heavy atom. The van der Waals surface area contributed by atoms with Crippen LogP contribution in [0, 0.1) is 22.7 Å². The highest BCUT2D eigenvalue weighted by atomic mass is 16.6. The molecule has 82 heavy (non-hydrogen) atoms. The second-order valence-corrected chi connectivity index (χ2v) is 24.2. The highest BCUT2D eigenvalue weighted by molar-refractivity contribution is 5.96. The summed E-state index contributed by atoms with van der Waals surface area (Å²) in [6.07, 6.45) is 17.0. The first-order valence-electron chi connectivity index (χ1n) is 28.9. The first kappa shape index (κ1) is 64.7. The molecule has 4 fully saturated rings. The number of aliphatic hydroxyl groups is 2. The molecule has 3 saturated carbocycles. The molecule has 0 spiro atoms. The zero-order chi connectivity index (χ0) is 60.2. The van der Waals surface area contributed by atoms with Gasteiger partial charge in [-0.1, -0.05) is 111 Å². The van der Waals surface area contributed by atoms with Crippen molar-refractivity contribution >= 4 is 41.7 Å². The summed E-state index contributed by atoms with van der Waals surface area (Å²) in [6, 6.07) is 6.51. The van der Waals surface area contributed by atoms with Crippen LogP contribution in [-0.2, 0) is 57.1 Å². The van der Waals surface area contributed by atoms with Gasteiger partial charge in [-0.25, -0.2) is 14.4 Å². The number of alkyl carbamates (subject to hydrolysis) is 1. The lowest BCUT2D eigenvalue weighted by molar-refractivity contribution is -0.346. The second-order valence-electron chi connectivity index (χ2n) is 24.2. The molecule has 1 aliphatic heterocycles. The molecule has 1 aromatic rings. The second kappa shape index (κ2) is 27.8. The van der Waals surface area contributed by atoms with Gasteiger partial charge in [-0.15, -0.1) is 0 Å². The summed E-state index contributed by atoms with van der Waals surface area (Å²) in [7, 11) is 0. The number of rotatable bonds is 24. The molecule has 11 atom stereocenters. The predicted molar refractivity (Wildman–Crippen MR) is 306 cm³/mol. The van der Waals surface area contributed by atoms with Crippen LogP contribution in [0.15, 0.2) is 114 Å². The number of carbonyl (C=O) groups is 7. The van der Waals surface area contributed by atoms with E-state index in [1.807, 2.05) is 12.2 Å². The average Bonchev–Trinajstić information content (AvgIpc) is 0.962. The first-order chi connectivity index (χ1) is 38.7. The Balaban J connectivity index is 1.36. The molecule has 17 heteroatoms. The average molecular weight is 1140 g/mol. The number of ketones is 1. The predicted octanol–water partition coefficient (Wildman–Crippen LogP) is 10.3. The number of unbranched alkanes of at least 4 members (excludes halogenated alkanes) is 1. The van der Waals surface area contributed by atoms with Crippen molar-refractivity contribution in [2.75, 3.05) is 6.61 Å². The fourth-order valence-corrected chi connectivity index (χ4v) is 11.8. The Morgan fingerprint density at radius 1 is 0.841 bits per heavy atom. The molecule has 1 amide bonds. The van der Waals surface area contributed by atoms with E-state index in [2.05, 4.69) is 60.8 Å². The third-order valence-electron chi connectivity index (χ3n) is 16.2. The molecule has 3 N–H and O–H groups in total. The number of nitrogens with one attached hydrogen (secondary N) is 1. The van der Waals surface area contributed by atoms with E-state index in [-0.39, 0.29) is 36.2 Å². The highest BCUT2D eigenvalue weighted by Gasteiger charge is 2.78. The van der Waals surface area contributed by atoms with E-state index >= 15 is 9.59 Å². The molecule has 0 aromatic heterocycles. The number of amides is 1. The number of carbonyl (C=O) groups excluding carboxylic acids is 7. The fraction of sp³-hybridized carbons (Fsp3) is 0.585. The van der Waals surface area contributed by atoms with Gasteiger partial charge in [0.1, 0.15) is 29.5 Å². The molecule has 0 radical (unpaired) electrons. The summed E-state index contributed by atoms with van der Waals surface area (Å²) in [5.41, 5.74) is -8.15. The number of aliphatic hydroxyl groups excluding tert-OH is 1. The largest absolute Gasteiger partial charge is 0.455 e. The van der Waals surface area contributed by atoms with E-state index in [1.165, 1.54) is 25.1 Å². The van der Waals surface area contributed by atoms with Crippen LogP contribution in [0.4, 0.5) is 4.79 Å². The van der Waals surface area contributed by atoms with Crippen molar-refractivity contribution in [1.82, 2.24) is 5.32 Å². The lowest BCUT2D eigenvalue weighted by Gasteiger charge is -2.67. The normalized spacial score (nSPS) is 28.5. The molecule has 1 unspecified atom stereocenters. The minimum Gasteiger partial charge on any atom is -0.455 e. The zero-order valence-electron chi connectivity index (χ0n) is 49.7. The Labute approximate surface area is 483 Å². The SMILES string of the molecule is CC/C=C\C/C=C\C/C=C\C/C=C\C/C=C\CCCC(=O)O[C@@H](C(=O)O[C@H]1C[C@@]2(O)[C@@H](OC(=O)c3ccccc3)C3[C@](C)(C(=O)[C@H](OC(=O)C4CC4)C(=C1C)C2(C)C)[C@@H](O)C[C@H]1OC[C@@]31OC(C)=O)[C@H](C=C(C)C)NC(=O)OC(C)(C)C. The zero-order valence-corrected chi connectivity index (χ0v) is 49.7. The summed E-state index contributed by atoms with van der Waals surface area (Å²) in [4.78, 5) is 100. The Bertz CT molecular complexity index is 2700. The van der Waals surface area contributed by atoms with Gasteiger partial charge in [0.2, 0.25) is 6.10 Å². The standard InChI is InChI=1S/C65H87NO16/c1-12-13-14-15-16-17-18-19-20-21-22-23-24-25-26-27-31-34-50(69)78-52(46(37-41(2)3)66-60(74)82-61(6,7)8)59(73)77-47-39-65(75)56(80-58(72)44-32-29-28-30-33-44)54-63(11,48(68)38-49-64(54,40-76-49)81-43(5)67)55(70)53(79-57(71)45-35-36-45)51(42(47)4)62(65,9)10/h13-14,16-17,19-20,22-23,25-26,28-30,32-33,37,45-49,52-54,56,68,75H,12,15,18,21,24,27,31,34-36,38-40H2,1-11H3,(H,66,74)/b14-13-,17-16-,20-19-,23-22-,26-25-/t46-,47-,48-,49+,52+,53+,54?,56-,63+,64-,65+/m0/s1. The van der Waals surface area contributed by atoms with E-state index in [0.29, 0.717) is 37.7 Å². The number of benzene rings is 1. The molecule has 1 heterocycles. The first-order valence-corrected chi connectivity index (χ1v) is 28.9. The van der Waals surface area contributed by atoms with Crippen molar-refractivity contribution in [2.24, 2.45) is 22.7 Å². The van der Waals surface area contributed by atoms with Gasteiger partial charge in [-0.2, -0.15) is 0 Å². The molecule has 4 aliphatic carbocycles. The van der Waals surface area contributed by atoms with Gasteiger partial charge in [0.15, 0.2) is 17.5 Å². The van der Waals surface area contributed by atoms with E-state index in [4.69, 9.17) is 33.2 Å². The molecule has 1 saturated heterocycles. The van der Waals surface area contributed by atoms with Gasteiger partial charge >= 0.3 is 35.9 Å².